The molecule has 1 aliphatic heterocycles. The number of nitrogens with two attached hydrogens (primary N) is 1. The summed E-state index contributed by atoms with van der Waals surface area (Å²) in [6.07, 6.45) is 0. The molecule has 9 heteroatoms. The summed E-state index contributed by atoms with van der Waals surface area (Å²) in [4.78, 5) is 26.0. The minimum absolute atomic E-state index is 0.239. The Morgan fingerprint density at radius 3 is 2.17 bits per heavy atom. The first-order valence-corrected chi connectivity index (χ1v) is 11.1. The standard InChI is InChI=1S/C21H26N4O4S/c1-15-8-9-18(14-16(15)2)30(28,29)25-12-10-24(11-13-25)19(20(26)23-21(22)27)17-6-4-3-5-7-17/h3-9,14,19H,10-13H2,1-2H3,(H3,22,23,26,27)/t19-/m1/s1. The summed E-state index contributed by atoms with van der Waals surface area (Å²) in [6, 6.07) is 12.5. The monoisotopic (exact) mass is 430 g/mol. The summed E-state index contributed by atoms with van der Waals surface area (Å²) >= 11 is 0. The Morgan fingerprint density at radius 1 is 0.967 bits per heavy atom. The zero-order valence-corrected chi connectivity index (χ0v) is 17.9. The number of primary amides is 1. The van der Waals surface area contributed by atoms with Crippen LogP contribution in [0.1, 0.15) is 22.7 Å². The summed E-state index contributed by atoms with van der Waals surface area (Å²) in [7, 11) is -3.62. The lowest BCUT2D eigenvalue weighted by Crippen LogP contribution is -2.53. The number of piperazine rings is 1. The molecular formula is C21H26N4O4S. The van der Waals surface area contributed by atoms with Gasteiger partial charge in [-0.25, -0.2) is 13.2 Å². The Hall–Kier alpha value is -2.75. The van der Waals surface area contributed by atoms with Crippen molar-refractivity contribution in [3.8, 4) is 0 Å². The molecule has 8 nitrogen and oxygen atoms in total. The van der Waals surface area contributed by atoms with Crippen LogP contribution in [0.15, 0.2) is 53.4 Å². The van der Waals surface area contributed by atoms with Crippen LogP contribution in [0.25, 0.3) is 0 Å². The van der Waals surface area contributed by atoms with Gasteiger partial charge in [-0.15, -0.1) is 0 Å². The lowest BCUT2D eigenvalue weighted by atomic mass is 10.0. The highest BCUT2D eigenvalue weighted by molar-refractivity contribution is 7.89. The molecule has 0 bridgehead atoms. The van der Waals surface area contributed by atoms with Crippen LogP contribution in [0.4, 0.5) is 4.79 Å². The number of amides is 3. The van der Waals surface area contributed by atoms with Crippen molar-refractivity contribution >= 4 is 22.0 Å². The van der Waals surface area contributed by atoms with Crippen molar-refractivity contribution in [1.29, 1.82) is 0 Å². The van der Waals surface area contributed by atoms with E-state index in [1.54, 1.807) is 42.5 Å². The van der Waals surface area contributed by atoms with Gasteiger partial charge in [-0.1, -0.05) is 36.4 Å². The van der Waals surface area contributed by atoms with Gasteiger partial charge in [0, 0.05) is 26.2 Å². The highest BCUT2D eigenvalue weighted by atomic mass is 32.2. The van der Waals surface area contributed by atoms with Crippen LogP contribution in [-0.4, -0.2) is 55.7 Å². The Morgan fingerprint density at radius 2 is 1.60 bits per heavy atom. The molecule has 0 saturated carbocycles. The minimum Gasteiger partial charge on any atom is -0.351 e. The van der Waals surface area contributed by atoms with Gasteiger partial charge >= 0.3 is 6.03 Å². The van der Waals surface area contributed by atoms with Crippen LogP contribution in [0.3, 0.4) is 0 Å². The van der Waals surface area contributed by atoms with Gasteiger partial charge in [0.2, 0.25) is 15.9 Å². The van der Waals surface area contributed by atoms with E-state index in [0.717, 1.165) is 11.1 Å². The Bertz CT molecular complexity index is 1030. The predicted molar refractivity (Wildman–Crippen MR) is 113 cm³/mol. The van der Waals surface area contributed by atoms with Gasteiger partial charge in [-0.05, 0) is 42.7 Å². The highest BCUT2D eigenvalue weighted by Gasteiger charge is 2.34. The third-order valence-electron chi connectivity index (χ3n) is 5.36. The van der Waals surface area contributed by atoms with Gasteiger partial charge in [0.15, 0.2) is 0 Å². The second-order valence-corrected chi connectivity index (χ2v) is 9.29. The zero-order valence-electron chi connectivity index (χ0n) is 17.0. The van der Waals surface area contributed by atoms with Crippen molar-refractivity contribution in [1.82, 2.24) is 14.5 Å². The van der Waals surface area contributed by atoms with Gasteiger partial charge in [0.25, 0.3) is 0 Å². The van der Waals surface area contributed by atoms with Crippen molar-refractivity contribution in [2.24, 2.45) is 5.73 Å². The molecule has 160 valence electrons. The minimum atomic E-state index is -3.62. The molecule has 1 fully saturated rings. The Labute approximate surface area is 176 Å². The molecule has 0 aromatic heterocycles. The zero-order chi connectivity index (χ0) is 21.9. The number of aryl methyl sites for hydroxylation is 2. The molecular weight excluding hydrogens is 404 g/mol. The number of hydrogen-bond donors (Lipinski definition) is 2. The van der Waals surface area contributed by atoms with Crippen LogP contribution in [0.2, 0.25) is 0 Å². The highest BCUT2D eigenvalue weighted by Crippen LogP contribution is 2.25. The maximum Gasteiger partial charge on any atom is 0.318 e. The predicted octanol–water partition coefficient (Wildman–Crippen LogP) is 1.55. The number of hydrogen-bond acceptors (Lipinski definition) is 5. The number of imide groups is 1. The molecule has 2 aromatic rings. The quantitative estimate of drug-likeness (QED) is 0.747. The molecule has 0 aliphatic carbocycles. The summed E-state index contributed by atoms with van der Waals surface area (Å²) in [5.41, 5.74) is 7.79. The summed E-state index contributed by atoms with van der Waals surface area (Å²) in [5.74, 6) is -0.529. The lowest BCUT2D eigenvalue weighted by Gasteiger charge is -2.38. The molecule has 3 rings (SSSR count). The van der Waals surface area contributed by atoms with Crippen molar-refractivity contribution in [2.45, 2.75) is 24.8 Å². The fourth-order valence-corrected chi connectivity index (χ4v) is 5.09. The second-order valence-electron chi connectivity index (χ2n) is 7.35. The van der Waals surface area contributed by atoms with Crippen LogP contribution < -0.4 is 11.1 Å². The van der Waals surface area contributed by atoms with E-state index >= 15 is 0 Å². The van der Waals surface area contributed by atoms with Crippen molar-refractivity contribution in [3.63, 3.8) is 0 Å². The van der Waals surface area contributed by atoms with E-state index < -0.39 is 28.0 Å². The van der Waals surface area contributed by atoms with Crippen LogP contribution in [0.5, 0.6) is 0 Å². The Kier molecular flexibility index (Phi) is 6.55. The fourth-order valence-electron chi connectivity index (χ4n) is 3.58. The number of rotatable bonds is 5. The SMILES string of the molecule is Cc1ccc(S(=O)(=O)N2CCN([C@@H](C(=O)NC(N)=O)c3ccccc3)CC2)cc1C. The molecule has 3 amide bonds. The number of nitrogens with one attached hydrogen (secondary N) is 1. The number of nitrogens with zero attached hydrogens (tertiary/aromatic N) is 2. The van der Waals surface area contributed by atoms with Gasteiger partial charge in [-0.3, -0.25) is 15.0 Å². The smallest absolute Gasteiger partial charge is 0.318 e. The molecule has 0 unspecified atom stereocenters. The third-order valence-corrected chi connectivity index (χ3v) is 7.26. The first-order valence-electron chi connectivity index (χ1n) is 9.67. The maximum absolute atomic E-state index is 13.0. The van der Waals surface area contributed by atoms with Crippen LogP contribution >= 0.6 is 0 Å². The van der Waals surface area contributed by atoms with Gasteiger partial charge in [0.1, 0.15) is 6.04 Å². The Balaban J connectivity index is 1.78. The van der Waals surface area contributed by atoms with Crippen molar-refractivity contribution in [2.75, 3.05) is 26.2 Å². The molecule has 3 N–H and O–H groups in total. The van der Waals surface area contributed by atoms with Crippen molar-refractivity contribution < 1.29 is 18.0 Å². The number of carbonyl (C=O) groups excluding carboxylic acids is 2. The summed E-state index contributed by atoms with van der Waals surface area (Å²) in [6.45, 7) is 4.98. The molecule has 1 heterocycles. The molecule has 1 saturated heterocycles. The second kappa shape index (κ2) is 8.95. The van der Waals surface area contributed by atoms with E-state index in [1.165, 1.54) is 4.31 Å². The first-order chi connectivity index (χ1) is 14.2. The molecule has 0 radical (unpaired) electrons. The van der Waals surface area contributed by atoms with Gasteiger partial charge in [-0.2, -0.15) is 4.31 Å². The molecule has 30 heavy (non-hydrogen) atoms. The fraction of sp³-hybridized carbons (Fsp3) is 0.333. The molecule has 0 spiro atoms. The average Bonchev–Trinajstić information content (AvgIpc) is 2.71. The van der Waals surface area contributed by atoms with Gasteiger partial charge in [0.05, 0.1) is 4.90 Å². The summed E-state index contributed by atoms with van der Waals surface area (Å²) in [5, 5.41) is 2.14. The third kappa shape index (κ3) is 4.69. The first kappa shape index (κ1) is 21.9. The van der Waals surface area contributed by atoms with E-state index in [0.29, 0.717) is 18.7 Å². The van der Waals surface area contributed by atoms with Crippen LogP contribution in [0, 0.1) is 13.8 Å². The van der Waals surface area contributed by atoms with E-state index in [1.807, 2.05) is 24.8 Å². The van der Waals surface area contributed by atoms with E-state index in [2.05, 4.69) is 5.32 Å². The number of benzene rings is 2. The van der Waals surface area contributed by atoms with E-state index in [4.69, 9.17) is 5.73 Å². The molecule has 1 atom stereocenters. The van der Waals surface area contributed by atoms with Gasteiger partial charge < -0.3 is 5.73 Å². The number of sulfonamides is 1. The summed E-state index contributed by atoms with van der Waals surface area (Å²) < 4.78 is 27.5. The molecule has 1 aliphatic rings. The normalized spacial score (nSPS) is 16.7. The van der Waals surface area contributed by atoms with E-state index in [9.17, 15) is 18.0 Å². The lowest BCUT2D eigenvalue weighted by molar-refractivity contribution is -0.126. The van der Waals surface area contributed by atoms with Crippen LogP contribution in [-0.2, 0) is 14.8 Å². The maximum atomic E-state index is 13.0. The largest absolute Gasteiger partial charge is 0.351 e. The topological polar surface area (TPSA) is 113 Å². The number of carbonyl (C=O) groups is 2. The average molecular weight is 431 g/mol. The number of urea groups is 1. The molecule has 2 aromatic carbocycles. The van der Waals surface area contributed by atoms with Crippen molar-refractivity contribution in [3.05, 3.63) is 65.2 Å². The van der Waals surface area contributed by atoms with E-state index in [-0.39, 0.29) is 18.0 Å².